The molecule has 2 fully saturated rings. The van der Waals surface area contributed by atoms with Gasteiger partial charge in [0.2, 0.25) is 5.91 Å². The van der Waals surface area contributed by atoms with Crippen molar-refractivity contribution in [1.82, 2.24) is 10.2 Å². The summed E-state index contributed by atoms with van der Waals surface area (Å²) >= 11 is 6.25. The Labute approximate surface area is 169 Å². The molecule has 1 spiro atoms. The molecule has 0 radical (unpaired) electrons. The van der Waals surface area contributed by atoms with Gasteiger partial charge in [0, 0.05) is 38.5 Å². The number of phenols is 1. The predicted molar refractivity (Wildman–Crippen MR) is 108 cm³/mol. The Morgan fingerprint density at radius 2 is 2.00 bits per heavy atom. The zero-order chi connectivity index (χ0) is 19.9. The number of halogens is 1. The summed E-state index contributed by atoms with van der Waals surface area (Å²) in [6, 6.07) is 15.5. The quantitative estimate of drug-likeness (QED) is 0.721. The Kier molecular flexibility index (Phi) is 5.08. The molecule has 0 unspecified atom stereocenters. The van der Waals surface area contributed by atoms with Crippen molar-refractivity contribution >= 4 is 17.5 Å². The number of benzene rings is 2. The summed E-state index contributed by atoms with van der Waals surface area (Å²) in [7, 11) is 0. The second-order valence-electron chi connectivity index (χ2n) is 7.98. The van der Waals surface area contributed by atoms with Gasteiger partial charge in [-0.3, -0.25) is 9.69 Å². The number of amides is 1. The van der Waals surface area contributed by atoms with Crippen LogP contribution in [0.1, 0.15) is 24.0 Å². The van der Waals surface area contributed by atoms with Gasteiger partial charge in [-0.25, -0.2) is 0 Å². The molecule has 1 amide bonds. The maximum absolute atomic E-state index is 11.5. The Hall–Kier alpha value is -2.08. The Morgan fingerprint density at radius 3 is 2.71 bits per heavy atom. The first kappa shape index (κ1) is 19.2. The van der Waals surface area contributed by atoms with Crippen LogP contribution in [0, 0.1) is 11.3 Å². The Bertz CT molecular complexity index is 875. The maximum atomic E-state index is 11.5. The topological polar surface area (TPSA) is 72.8 Å². The number of carbonyl (C=O) groups is 1. The second-order valence-corrected chi connectivity index (χ2v) is 8.36. The minimum Gasteiger partial charge on any atom is -0.506 e. The van der Waals surface area contributed by atoms with Gasteiger partial charge in [0.15, 0.2) is 0 Å². The fourth-order valence-electron chi connectivity index (χ4n) is 5.00. The number of aliphatic hydroxyl groups excluding tert-OH is 1. The molecule has 3 N–H and O–H groups in total. The zero-order valence-electron chi connectivity index (χ0n) is 15.8. The van der Waals surface area contributed by atoms with Crippen LogP contribution in [0.5, 0.6) is 5.75 Å². The van der Waals surface area contributed by atoms with Gasteiger partial charge >= 0.3 is 0 Å². The molecule has 0 aromatic heterocycles. The summed E-state index contributed by atoms with van der Waals surface area (Å²) in [5, 5.41) is 24.2. The molecule has 5 nitrogen and oxygen atoms in total. The van der Waals surface area contributed by atoms with E-state index in [2.05, 4.69) is 22.3 Å². The van der Waals surface area contributed by atoms with E-state index in [-0.39, 0.29) is 28.9 Å². The van der Waals surface area contributed by atoms with Gasteiger partial charge in [0.1, 0.15) is 5.75 Å². The number of phenolic OH excluding ortho intramolecular Hbond substituents is 1. The first-order chi connectivity index (χ1) is 13.4. The van der Waals surface area contributed by atoms with E-state index in [1.54, 1.807) is 12.1 Å². The Balaban J connectivity index is 1.56. The van der Waals surface area contributed by atoms with Gasteiger partial charge in [-0.15, -0.1) is 0 Å². The number of likely N-dealkylation sites (tertiary alicyclic amines) is 1. The van der Waals surface area contributed by atoms with E-state index in [1.807, 2.05) is 24.3 Å². The number of aromatic hydroxyl groups is 1. The van der Waals surface area contributed by atoms with Crippen molar-refractivity contribution in [3.63, 3.8) is 0 Å². The molecule has 1 aliphatic carbocycles. The van der Waals surface area contributed by atoms with Crippen LogP contribution in [0.25, 0.3) is 0 Å². The molecule has 1 aliphatic heterocycles. The van der Waals surface area contributed by atoms with Gasteiger partial charge in [-0.1, -0.05) is 54.1 Å². The number of β-amino-alcohol motifs (C(OH)–C–C–N with tert-alkyl or cyclic N) is 1. The van der Waals surface area contributed by atoms with E-state index in [0.29, 0.717) is 24.7 Å². The molecule has 28 heavy (non-hydrogen) atoms. The lowest BCUT2D eigenvalue weighted by Gasteiger charge is -2.17. The third kappa shape index (κ3) is 3.28. The number of aliphatic hydroxyl groups is 1. The van der Waals surface area contributed by atoms with E-state index >= 15 is 0 Å². The largest absolute Gasteiger partial charge is 0.506 e. The lowest BCUT2D eigenvalue weighted by atomic mass is 9.95. The molecule has 6 heteroatoms. The summed E-state index contributed by atoms with van der Waals surface area (Å²) in [5.41, 5.74) is 1.78. The van der Waals surface area contributed by atoms with Crippen molar-refractivity contribution in [1.29, 1.82) is 0 Å². The fraction of sp³-hybridized carbons (Fsp3) is 0.409. The van der Waals surface area contributed by atoms with Crippen LogP contribution in [-0.2, 0) is 11.3 Å². The van der Waals surface area contributed by atoms with Gasteiger partial charge in [-0.2, -0.15) is 0 Å². The van der Waals surface area contributed by atoms with Crippen LogP contribution in [0.4, 0.5) is 0 Å². The number of hydrogen-bond donors (Lipinski definition) is 3. The van der Waals surface area contributed by atoms with Crippen LogP contribution < -0.4 is 5.32 Å². The van der Waals surface area contributed by atoms with Crippen molar-refractivity contribution in [2.45, 2.75) is 25.5 Å². The molecule has 148 valence electrons. The number of nitrogens with one attached hydrogen (secondary N) is 1. The number of carbonyl (C=O) groups excluding carboxylic acids is 1. The molecule has 0 bridgehead atoms. The Morgan fingerprint density at radius 1 is 1.25 bits per heavy atom. The lowest BCUT2D eigenvalue weighted by molar-refractivity contribution is -0.119. The monoisotopic (exact) mass is 400 g/mol. The molecule has 2 aromatic carbocycles. The maximum Gasteiger partial charge on any atom is 0.216 e. The van der Waals surface area contributed by atoms with Crippen LogP contribution in [-0.4, -0.2) is 46.8 Å². The number of rotatable bonds is 5. The highest BCUT2D eigenvalue weighted by molar-refractivity contribution is 6.32. The van der Waals surface area contributed by atoms with Crippen LogP contribution >= 0.6 is 11.6 Å². The average molecular weight is 401 g/mol. The lowest BCUT2D eigenvalue weighted by Crippen LogP contribution is -2.28. The third-order valence-corrected chi connectivity index (χ3v) is 6.73. The summed E-state index contributed by atoms with van der Waals surface area (Å²) in [6.07, 6.45) is -0.479. The van der Waals surface area contributed by atoms with Crippen molar-refractivity contribution in [3.05, 3.63) is 64.7 Å². The first-order valence-corrected chi connectivity index (χ1v) is 9.97. The van der Waals surface area contributed by atoms with Crippen LogP contribution in [0.2, 0.25) is 5.02 Å². The summed E-state index contributed by atoms with van der Waals surface area (Å²) in [6.45, 7) is 3.93. The highest BCUT2D eigenvalue weighted by atomic mass is 35.5. The normalized spacial score (nSPS) is 29.2. The van der Waals surface area contributed by atoms with E-state index in [0.717, 1.165) is 12.1 Å². The van der Waals surface area contributed by atoms with E-state index in [9.17, 15) is 15.0 Å². The molecule has 1 saturated heterocycles. The average Bonchev–Trinajstić information content (AvgIpc) is 3.20. The number of nitrogens with zero attached hydrogens (tertiary/aromatic N) is 1. The van der Waals surface area contributed by atoms with E-state index in [4.69, 9.17) is 11.6 Å². The molecular weight excluding hydrogens is 376 g/mol. The summed E-state index contributed by atoms with van der Waals surface area (Å²) < 4.78 is 0. The first-order valence-electron chi connectivity index (χ1n) is 9.59. The molecular formula is C22H25ClN2O3. The van der Waals surface area contributed by atoms with E-state index in [1.165, 1.54) is 12.5 Å². The van der Waals surface area contributed by atoms with Crippen LogP contribution in [0.15, 0.2) is 48.5 Å². The van der Waals surface area contributed by atoms with Crippen molar-refractivity contribution in [2.24, 2.45) is 11.3 Å². The predicted octanol–water partition coefficient (Wildman–Crippen LogP) is 2.76. The van der Waals surface area contributed by atoms with Gasteiger partial charge in [-0.05, 0) is 29.0 Å². The third-order valence-electron chi connectivity index (χ3n) is 6.29. The standard InChI is InChI=1S/C22H25ClN2O3/c1-14(26)24-10-17-20(15-6-3-2-4-7-15)22(17)13-25(12-19(22)28)11-16-8-5-9-18(27)21(16)23/h2-9,17,19-20,27-28H,10-13H2,1H3,(H,24,26)/t17-,19-,20-,22-/m1/s1. The van der Waals surface area contributed by atoms with Gasteiger partial charge in [0.25, 0.3) is 0 Å². The molecule has 1 saturated carbocycles. The highest BCUT2D eigenvalue weighted by Crippen LogP contribution is 2.68. The van der Waals surface area contributed by atoms with Gasteiger partial charge < -0.3 is 15.5 Å². The van der Waals surface area contributed by atoms with Crippen molar-refractivity contribution < 1.29 is 15.0 Å². The molecule has 2 aromatic rings. The molecule has 2 aliphatic rings. The van der Waals surface area contributed by atoms with Crippen molar-refractivity contribution in [2.75, 3.05) is 19.6 Å². The summed E-state index contributed by atoms with van der Waals surface area (Å²) in [5.74, 6) is 0.425. The fourth-order valence-corrected chi connectivity index (χ4v) is 5.18. The minimum atomic E-state index is -0.479. The SMILES string of the molecule is CC(=O)NC[C@@H]1[C@@H](c2ccccc2)[C@]12CN(Cc1cccc(O)c1Cl)C[C@H]2O. The second kappa shape index (κ2) is 7.39. The summed E-state index contributed by atoms with van der Waals surface area (Å²) in [4.78, 5) is 13.6. The smallest absolute Gasteiger partial charge is 0.216 e. The molecule has 4 rings (SSSR count). The van der Waals surface area contributed by atoms with Gasteiger partial charge in [0.05, 0.1) is 11.1 Å². The van der Waals surface area contributed by atoms with E-state index < -0.39 is 6.10 Å². The zero-order valence-corrected chi connectivity index (χ0v) is 16.6. The minimum absolute atomic E-state index is 0.0512. The van der Waals surface area contributed by atoms with Crippen molar-refractivity contribution in [3.8, 4) is 5.75 Å². The number of hydrogen-bond acceptors (Lipinski definition) is 4. The molecule has 4 atom stereocenters. The molecule has 1 heterocycles. The van der Waals surface area contributed by atoms with Crippen LogP contribution in [0.3, 0.4) is 0 Å². The highest BCUT2D eigenvalue weighted by Gasteiger charge is 2.70.